The van der Waals surface area contributed by atoms with E-state index in [2.05, 4.69) is 23.5 Å². The summed E-state index contributed by atoms with van der Waals surface area (Å²) in [5, 5.41) is 12.7. The van der Waals surface area contributed by atoms with Crippen molar-refractivity contribution in [2.24, 2.45) is 5.92 Å². The van der Waals surface area contributed by atoms with E-state index in [0.29, 0.717) is 12.1 Å². The molecule has 2 aliphatic carbocycles. The zero-order valence-electron chi connectivity index (χ0n) is 13.7. The number of carboxylic acid groups (broad SMARTS) is 1. The normalized spacial score (nSPS) is 25.4. The lowest BCUT2D eigenvalue weighted by Crippen LogP contribution is -2.34. The summed E-state index contributed by atoms with van der Waals surface area (Å²) in [7, 11) is 0. The van der Waals surface area contributed by atoms with E-state index in [1.165, 1.54) is 31.2 Å². The van der Waals surface area contributed by atoms with Gasteiger partial charge >= 0.3 is 5.97 Å². The van der Waals surface area contributed by atoms with E-state index in [1.807, 2.05) is 6.07 Å². The summed E-state index contributed by atoms with van der Waals surface area (Å²) in [4.78, 5) is 11.0. The van der Waals surface area contributed by atoms with Crippen LogP contribution < -0.4 is 10.1 Å². The fourth-order valence-electron chi connectivity index (χ4n) is 3.75. The van der Waals surface area contributed by atoms with Crippen molar-refractivity contribution in [3.63, 3.8) is 0 Å². The van der Waals surface area contributed by atoms with Crippen molar-refractivity contribution in [1.82, 2.24) is 5.32 Å². The van der Waals surface area contributed by atoms with Crippen LogP contribution in [0, 0.1) is 5.92 Å². The molecule has 0 heterocycles. The molecule has 0 unspecified atom stereocenters. The van der Waals surface area contributed by atoms with Gasteiger partial charge < -0.3 is 15.2 Å². The van der Waals surface area contributed by atoms with E-state index in [4.69, 9.17) is 9.84 Å². The Morgan fingerprint density at radius 3 is 2.48 bits per heavy atom. The second-order valence-electron chi connectivity index (χ2n) is 6.90. The molecule has 2 saturated carbocycles. The molecule has 2 fully saturated rings. The quantitative estimate of drug-likeness (QED) is 0.839. The van der Waals surface area contributed by atoms with E-state index in [9.17, 15) is 4.79 Å². The maximum atomic E-state index is 11.0. The molecular weight excluding hydrogens is 290 g/mol. The Kier molecular flexibility index (Phi) is 5.55. The molecule has 4 nitrogen and oxygen atoms in total. The minimum absolute atomic E-state index is 0.147. The van der Waals surface area contributed by atoms with Crippen molar-refractivity contribution in [3.8, 4) is 5.75 Å². The average molecular weight is 317 g/mol. The molecule has 0 radical (unpaired) electrons. The lowest BCUT2D eigenvalue weighted by atomic mass is 9.86. The predicted octanol–water partition coefficient (Wildman–Crippen LogP) is 3.74. The number of nitrogens with one attached hydrogen (secondary N) is 1. The molecule has 126 valence electrons. The summed E-state index contributed by atoms with van der Waals surface area (Å²) in [5.74, 6) is 0.218. The summed E-state index contributed by atoms with van der Waals surface area (Å²) in [5.41, 5.74) is 1.21. The average Bonchev–Trinajstić information content (AvgIpc) is 3.07. The first-order valence-electron chi connectivity index (χ1n) is 8.93. The molecule has 0 bridgehead atoms. The highest BCUT2D eigenvalue weighted by Gasteiger charge is 2.25. The van der Waals surface area contributed by atoms with Crippen LogP contribution in [0.25, 0.3) is 0 Å². The summed E-state index contributed by atoms with van der Waals surface area (Å²) >= 11 is 0. The number of hydrogen-bond donors (Lipinski definition) is 2. The molecule has 0 spiro atoms. The standard InChI is InChI=1S/C19H27NO3/c21-19(22)14-9-11-16(12-10-14)20-13-15-5-1-4-8-18(15)23-17-6-2-3-7-17/h1,4-5,8,14,16-17,20H,2-3,6-7,9-13H2,(H,21,22). The molecule has 0 aliphatic heterocycles. The van der Waals surface area contributed by atoms with Crippen molar-refractivity contribution in [2.45, 2.75) is 70.1 Å². The van der Waals surface area contributed by atoms with Crippen LogP contribution >= 0.6 is 0 Å². The lowest BCUT2D eigenvalue weighted by molar-refractivity contribution is -0.142. The minimum atomic E-state index is -0.640. The second-order valence-corrected chi connectivity index (χ2v) is 6.90. The molecule has 0 saturated heterocycles. The van der Waals surface area contributed by atoms with Crippen LogP contribution in [0.1, 0.15) is 56.9 Å². The molecule has 23 heavy (non-hydrogen) atoms. The SMILES string of the molecule is O=C(O)C1CCC(NCc2ccccc2OC2CCCC2)CC1. The van der Waals surface area contributed by atoms with Crippen molar-refractivity contribution >= 4 is 5.97 Å². The van der Waals surface area contributed by atoms with E-state index in [1.54, 1.807) is 0 Å². The zero-order chi connectivity index (χ0) is 16.1. The predicted molar refractivity (Wildman–Crippen MR) is 89.5 cm³/mol. The number of rotatable bonds is 6. The third-order valence-corrected chi connectivity index (χ3v) is 5.23. The van der Waals surface area contributed by atoms with Gasteiger partial charge in [0.2, 0.25) is 0 Å². The molecular formula is C19H27NO3. The van der Waals surface area contributed by atoms with Gasteiger partial charge in [-0.1, -0.05) is 18.2 Å². The third-order valence-electron chi connectivity index (χ3n) is 5.23. The number of benzene rings is 1. The minimum Gasteiger partial charge on any atom is -0.490 e. The fourth-order valence-corrected chi connectivity index (χ4v) is 3.75. The first kappa shape index (κ1) is 16.3. The number of carbonyl (C=O) groups is 1. The molecule has 1 aromatic carbocycles. The first-order valence-corrected chi connectivity index (χ1v) is 8.93. The number of ether oxygens (including phenoxy) is 1. The van der Waals surface area contributed by atoms with Crippen LogP contribution in [0.5, 0.6) is 5.75 Å². The van der Waals surface area contributed by atoms with Crippen LogP contribution in [0.3, 0.4) is 0 Å². The summed E-state index contributed by atoms with van der Waals surface area (Å²) < 4.78 is 6.18. The van der Waals surface area contributed by atoms with Crippen molar-refractivity contribution in [2.75, 3.05) is 0 Å². The van der Waals surface area contributed by atoms with Gasteiger partial charge in [0.15, 0.2) is 0 Å². The molecule has 0 aromatic heterocycles. The second kappa shape index (κ2) is 7.82. The van der Waals surface area contributed by atoms with Crippen LogP contribution in [0.2, 0.25) is 0 Å². The smallest absolute Gasteiger partial charge is 0.306 e. The van der Waals surface area contributed by atoms with Gasteiger partial charge in [-0.05, 0) is 57.4 Å². The maximum absolute atomic E-state index is 11.0. The Morgan fingerprint density at radius 1 is 1.09 bits per heavy atom. The third kappa shape index (κ3) is 4.47. The van der Waals surface area contributed by atoms with Gasteiger partial charge in [-0.3, -0.25) is 4.79 Å². The highest BCUT2D eigenvalue weighted by atomic mass is 16.5. The van der Waals surface area contributed by atoms with Crippen LogP contribution in [-0.2, 0) is 11.3 Å². The van der Waals surface area contributed by atoms with Gasteiger partial charge in [-0.15, -0.1) is 0 Å². The summed E-state index contributed by atoms with van der Waals surface area (Å²) in [6, 6.07) is 8.70. The van der Waals surface area contributed by atoms with Gasteiger partial charge in [-0.25, -0.2) is 0 Å². The molecule has 0 atom stereocenters. The fraction of sp³-hybridized carbons (Fsp3) is 0.632. The number of aliphatic carboxylic acids is 1. The number of hydrogen-bond acceptors (Lipinski definition) is 3. The van der Waals surface area contributed by atoms with Crippen molar-refractivity contribution in [3.05, 3.63) is 29.8 Å². The summed E-state index contributed by atoms with van der Waals surface area (Å²) in [6.07, 6.45) is 8.73. The Morgan fingerprint density at radius 2 is 1.78 bits per heavy atom. The van der Waals surface area contributed by atoms with E-state index in [-0.39, 0.29) is 5.92 Å². The monoisotopic (exact) mass is 317 g/mol. The largest absolute Gasteiger partial charge is 0.490 e. The Labute approximate surface area is 138 Å². The highest BCUT2D eigenvalue weighted by molar-refractivity contribution is 5.70. The van der Waals surface area contributed by atoms with E-state index in [0.717, 1.165) is 38.0 Å². The van der Waals surface area contributed by atoms with E-state index < -0.39 is 5.97 Å². The lowest BCUT2D eigenvalue weighted by Gasteiger charge is -2.27. The maximum Gasteiger partial charge on any atom is 0.306 e. The zero-order valence-corrected chi connectivity index (χ0v) is 13.7. The molecule has 4 heteroatoms. The Balaban J connectivity index is 1.51. The van der Waals surface area contributed by atoms with Gasteiger partial charge in [-0.2, -0.15) is 0 Å². The molecule has 0 amide bonds. The van der Waals surface area contributed by atoms with Crippen molar-refractivity contribution in [1.29, 1.82) is 0 Å². The molecule has 2 aliphatic rings. The van der Waals surface area contributed by atoms with Crippen LogP contribution in [0.4, 0.5) is 0 Å². The van der Waals surface area contributed by atoms with Gasteiger partial charge in [0.05, 0.1) is 12.0 Å². The number of carboxylic acids is 1. The Hall–Kier alpha value is -1.55. The van der Waals surface area contributed by atoms with Crippen LogP contribution in [-0.4, -0.2) is 23.2 Å². The molecule has 1 aromatic rings. The highest BCUT2D eigenvalue weighted by Crippen LogP contribution is 2.28. The van der Waals surface area contributed by atoms with Gasteiger partial charge in [0, 0.05) is 18.2 Å². The van der Waals surface area contributed by atoms with Crippen molar-refractivity contribution < 1.29 is 14.6 Å². The first-order chi connectivity index (χ1) is 11.2. The van der Waals surface area contributed by atoms with Gasteiger partial charge in [0.25, 0.3) is 0 Å². The topological polar surface area (TPSA) is 58.6 Å². The Bertz CT molecular complexity index is 517. The summed E-state index contributed by atoms with van der Waals surface area (Å²) in [6.45, 7) is 0.797. The molecule has 2 N–H and O–H groups in total. The number of para-hydroxylation sites is 1. The van der Waals surface area contributed by atoms with Crippen LogP contribution in [0.15, 0.2) is 24.3 Å². The van der Waals surface area contributed by atoms with Gasteiger partial charge in [0.1, 0.15) is 5.75 Å². The van der Waals surface area contributed by atoms with E-state index >= 15 is 0 Å². The molecule has 3 rings (SSSR count).